The van der Waals surface area contributed by atoms with Crippen LogP contribution in [0.4, 0.5) is 5.69 Å². The van der Waals surface area contributed by atoms with Crippen LogP contribution in [0.15, 0.2) is 71.9 Å². The predicted octanol–water partition coefficient (Wildman–Crippen LogP) is 4.60. The number of nitrogens with two attached hydrogens (primary N) is 1. The van der Waals surface area contributed by atoms with Crippen LogP contribution in [0.1, 0.15) is 18.9 Å². The van der Waals surface area contributed by atoms with E-state index < -0.39 is 0 Å². The molecule has 0 spiro atoms. The lowest BCUT2D eigenvalue weighted by molar-refractivity contribution is 0.317. The summed E-state index contributed by atoms with van der Waals surface area (Å²) >= 11 is 0. The van der Waals surface area contributed by atoms with E-state index in [-0.39, 0.29) is 5.96 Å². The molecule has 7 heteroatoms. The fraction of sp³-hybridized carbons (Fsp3) is 0.217. The smallest absolute Gasteiger partial charge is 0.224 e. The molecule has 0 saturated heterocycles. The van der Waals surface area contributed by atoms with Gasteiger partial charge in [-0.3, -0.25) is 0 Å². The van der Waals surface area contributed by atoms with Crippen LogP contribution < -0.4 is 25.3 Å². The topological polar surface area (TPSA) is 91.0 Å². The summed E-state index contributed by atoms with van der Waals surface area (Å²) < 4.78 is 16.7. The molecule has 0 unspecified atom stereocenters. The number of methoxy groups -OCH3 is 1. The highest BCUT2D eigenvalue weighted by atomic mass is 16.5. The van der Waals surface area contributed by atoms with Crippen LogP contribution in [-0.4, -0.2) is 24.7 Å². The molecular weight excluding hydrogens is 380 g/mol. The van der Waals surface area contributed by atoms with Gasteiger partial charge in [0.2, 0.25) is 5.88 Å². The lowest BCUT2D eigenvalue weighted by atomic mass is 10.2. The lowest BCUT2D eigenvalue weighted by Gasteiger charge is -2.10. The molecule has 0 aliphatic rings. The Kier molecular flexibility index (Phi) is 7.49. The van der Waals surface area contributed by atoms with Crippen molar-refractivity contribution in [3.8, 4) is 23.1 Å². The second-order valence-corrected chi connectivity index (χ2v) is 6.45. The molecule has 0 saturated carbocycles. The number of hydrogen-bond donors (Lipinski definition) is 2. The van der Waals surface area contributed by atoms with Crippen molar-refractivity contribution in [2.45, 2.75) is 19.9 Å². The summed E-state index contributed by atoms with van der Waals surface area (Å²) in [7, 11) is 1.62. The van der Waals surface area contributed by atoms with E-state index in [2.05, 4.69) is 22.2 Å². The first-order chi connectivity index (χ1) is 14.7. The molecule has 0 aliphatic heterocycles. The maximum absolute atomic E-state index is 6.03. The number of anilines is 1. The minimum atomic E-state index is 0.287. The molecule has 0 aliphatic carbocycles. The Labute approximate surface area is 176 Å². The van der Waals surface area contributed by atoms with Crippen molar-refractivity contribution in [3.63, 3.8) is 0 Å². The van der Waals surface area contributed by atoms with Crippen LogP contribution in [-0.2, 0) is 6.54 Å². The van der Waals surface area contributed by atoms with Crippen LogP contribution in [0, 0.1) is 0 Å². The molecule has 0 atom stereocenters. The Bertz CT molecular complexity index is 974. The molecule has 1 aromatic heterocycles. The van der Waals surface area contributed by atoms with E-state index in [1.165, 1.54) is 0 Å². The van der Waals surface area contributed by atoms with Crippen LogP contribution in [0.5, 0.6) is 23.1 Å². The van der Waals surface area contributed by atoms with E-state index in [9.17, 15) is 0 Å². The number of ether oxygens (including phenoxy) is 3. The molecule has 0 bridgehead atoms. The molecule has 7 nitrogen and oxygen atoms in total. The van der Waals surface area contributed by atoms with E-state index in [1.807, 2.05) is 60.7 Å². The maximum Gasteiger partial charge on any atom is 0.224 e. The van der Waals surface area contributed by atoms with Crippen LogP contribution >= 0.6 is 0 Å². The molecule has 3 rings (SSSR count). The van der Waals surface area contributed by atoms with Crippen LogP contribution in [0.25, 0.3) is 0 Å². The minimum absolute atomic E-state index is 0.287. The van der Waals surface area contributed by atoms with Gasteiger partial charge in [0.15, 0.2) is 5.96 Å². The maximum atomic E-state index is 6.03. The fourth-order valence-corrected chi connectivity index (χ4v) is 2.63. The number of nitrogens with zero attached hydrogens (tertiary/aromatic N) is 2. The first-order valence-corrected chi connectivity index (χ1v) is 9.73. The van der Waals surface area contributed by atoms with Gasteiger partial charge in [-0.2, -0.15) is 0 Å². The minimum Gasteiger partial charge on any atom is -0.497 e. The molecule has 2 aromatic carbocycles. The SMILES string of the molecule is CCCOc1ccc(Oc2ncccc2CN=C(N)Nc2cccc(OC)c2)cc1. The number of pyridine rings is 1. The van der Waals surface area contributed by atoms with Crippen LogP contribution in [0.2, 0.25) is 0 Å². The average molecular weight is 406 g/mol. The predicted molar refractivity (Wildman–Crippen MR) is 118 cm³/mol. The van der Waals surface area contributed by atoms with E-state index in [0.29, 0.717) is 24.8 Å². The number of guanidine groups is 1. The van der Waals surface area contributed by atoms with Crippen molar-refractivity contribution in [2.24, 2.45) is 10.7 Å². The zero-order valence-corrected chi connectivity index (χ0v) is 17.2. The zero-order valence-electron chi connectivity index (χ0n) is 17.2. The van der Waals surface area contributed by atoms with E-state index >= 15 is 0 Å². The highest BCUT2D eigenvalue weighted by Gasteiger charge is 2.07. The second-order valence-electron chi connectivity index (χ2n) is 6.45. The Morgan fingerprint density at radius 2 is 1.83 bits per heavy atom. The second kappa shape index (κ2) is 10.7. The number of nitrogens with one attached hydrogen (secondary N) is 1. The van der Waals surface area contributed by atoms with Gasteiger partial charge in [0.25, 0.3) is 0 Å². The van der Waals surface area contributed by atoms with Gasteiger partial charge < -0.3 is 25.3 Å². The van der Waals surface area contributed by atoms with Crippen molar-refractivity contribution >= 4 is 11.6 Å². The van der Waals surface area contributed by atoms with Crippen LogP contribution in [0.3, 0.4) is 0 Å². The summed E-state index contributed by atoms with van der Waals surface area (Å²) in [6.07, 6.45) is 2.64. The monoisotopic (exact) mass is 406 g/mol. The number of benzene rings is 2. The Balaban J connectivity index is 1.65. The number of hydrogen-bond acceptors (Lipinski definition) is 5. The molecule has 0 amide bonds. The molecule has 156 valence electrons. The summed E-state index contributed by atoms with van der Waals surface area (Å²) in [6, 6.07) is 18.7. The van der Waals surface area contributed by atoms with E-state index in [4.69, 9.17) is 19.9 Å². The summed E-state index contributed by atoms with van der Waals surface area (Å²) in [4.78, 5) is 8.73. The number of rotatable bonds is 9. The highest BCUT2D eigenvalue weighted by Crippen LogP contribution is 2.25. The third-order valence-electron chi connectivity index (χ3n) is 4.12. The van der Waals surface area contributed by atoms with Crippen molar-refractivity contribution in [2.75, 3.05) is 19.0 Å². The van der Waals surface area contributed by atoms with Gasteiger partial charge in [0.05, 0.1) is 20.3 Å². The van der Waals surface area contributed by atoms with Crippen molar-refractivity contribution < 1.29 is 14.2 Å². The summed E-state index contributed by atoms with van der Waals surface area (Å²) in [6.45, 7) is 3.08. The quantitative estimate of drug-likeness (QED) is 0.399. The van der Waals surface area contributed by atoms with Gasteiger partial charge in [-0.25, -0.2) is 9.98 Å². The summed E-state index contributed by atoms with van der Waals surface area (Å²) in [5.74, 6) is 2.99. The van der Waals surface area contributed by atoms with Crippen molar-refractivity contribution in [3.05, 3.63) is 72.4 Å². The van der Waals surface area contributed by atoms with Gasteiger partial charge >= 0.3 is 0 Å². The molecule has 30 heavy (non-hydrogen) atoms. The molecule has 0 fully saturated rings. The normalized spacial score (nSPS) is 11.1. The Morgan fingerprint density at radius 3 is 2.60 bits per heavy atom. The van der Waals surface area contributed by atoms with Gasteiger partial charge in [0, 0.05) is 23.5 Å². The fourth-order valence-electron chi connectivity index (χ4n) is 2.63. The summed E-state index contributed by atoms with van der Waals surface area (Å²) in [5.41, 5.74) is 7.64. The van der Waals surface area contributed by atoms with Gasteiger partial charge in [-0.15, -0.1) is 0 Å². The van der Waals surface area contributed by atoms with Crippen molar-refractivity contribution in [1.82, 2.24) is 4.98 Å². The van der Waals surface area contributed by atoms with Gasteiger partial charge in [0.1, 0.15) is 17.2 Å². The highest BCUT2D eigenvalue weighted by molar-refractivity contribution is 5.92. The molecule has 3 N–H and O–H groups in total. The zero-order chi connectivity index (χ0) is 21.2. The third-order valence-corrected chi connectivity index (χ3v) is 4.12. The third kappa shape index (κ3) is 6.13. The van der Waals surface area contributed by atoms with E-state index in [0.717, 1.165) is 29.2 Å². The Hall–Kier alpha value is -3.74. The van der Waals surface area contributed by atoms with Gasteiger partial charge in [-0.05, 0) is 48.9 Å². The molecule has 3 aromatic rings. The number of aromatic nitrogens is 1. The van der Waals surface area contributed by atoms with Gasteiger partial charge in [-0.1, -0.05) is 19.1 Å². The molecular formula is C23H26N4O3. The molecule has 0 radical (unpaired) electrons. The average Bonchev–Trinajstić information content (AvgIpc) is 2.78. The Morgan fingerprint density at radius 1 is 1.03 bits per heavy atom. The number of aliphatic imine (C=N–C) groups is 1. The van der Waals surface area contributed by atoms with Crippen molar-refractivity contribution in [1.29, 1.82) is 0 Å². The summed E-state index contributed by atoms with van der Waals surface area (Å²) in [5, 5.41) is 3.05. The molecule has 1 heterocycles. The largest absolute Gasteiger partial charge is 0.497 e. The standard InChI is InChI=1S/C23H26N4O3/c1-3-14-29-19-9-11-20(12-10-19)30-22-17(6-5-13-25-22)16-26-23(24)27-18-7-4-8-21(15-18)28-2/h4-13,15H,3,14,16H2,1-2H3,(H3,24,26,27). The first kappa shape index (κ1) is 21.0. The lowest BCUT2D eigenvalue weighted by Crippen LogP contribution is -2.22. The first-order valence-electron chi connectivity index (χ1n) is 9.73. The van der Waals surface area contributed by atoms with E-state index in [1.54, 1.807) is 13.3 Å².